The second kappa shape index (κ2) is 7.80. The molecule has 4 heteroatoms. The van der Waals surface area contributed by atoms with E-state index in [1.54, 1.807) is 13.0 Å². The predicted molar refractivity (Wildman–Crippen MR) is 97.8 cm³/mol. The Morgan fingerprint density at radius 2 is 1.74 bits per heavy atom. The standard InChI is InChI=1S/C17H18ClNO2.C2H6/c1-11(20)15-10-16(18)13-4-2-3-5-14(13)17(15)19-8-6-12(21)7-9-19;1-2/h2-5,10,12,21H,6-9H2,1H3;1-2H3. The van der Waals surface area contributed by atoms with E-state index in [2.05, 4.69) is 4.90 Å². The maximum atomic E-state index is 12.0. The van der Waals surface area contributed by atoms with Crippen LogP contribution in [0.25, 0.3) is 10.8 Å². The van der Waals surface area contributed by atoms with Crippen molar-refractivity contribution < 1.29 is 9.90 Å². The first-order valence-corrected chi connectivity index (χ1v) is 8.61. The number of aliphatic hydroxyl groups is 1. The van der Waals surface area contributed by atoms with E-state index in [-0.39, 0.29) is 11.9 Å². The highest BCUT2D eigenvalue weighted by Gasteiger charge is 2.23. The number of hydrogen-bond acceptors (Lipinski definition) is 3. The van der Waals surface area contributed by atoms with Crippen molar-refractivity contribution in [1.82, 2.24) is 0 Å². The van der Waals surface area contributed by atoms with Gasteiger partial charge in [-0.05, 0) is 25.8 Å². The summed E-state index contributed by atoms with van der Waals surface area (Å²) >= 11 is 6.33. The zero-order chi connectivity index (χ0) is 17.0. The average molecular weight is 334 g/mol. The first kappa shape index (κ1) is 17.8. The lowest BCUT2D eigenvalue weighted by molar-refractivity contribution is 0.101. The zero-order valence-corrected chi connectivity index (χ0v) is 14.7. The van der Waals surface area contributed by atoms with E-state index in [9.17, 15) is 9.90 Å². The molecule has 0 spiro atoms. The van der Waals surface area contributed by atoms with E-state index in [1.807, 2.05) is 38.1 Å². The van der Waals surface area contributed by atoms with Crippen molar-refractivity contribution in [3.05, 3.63) is 40.9 Å². The Bertz CT molecular complexity index is 691. The Labute approximate surface area is 142 Å². The van der Waals surface area contributed by atoms with Gasteiger partial charge in [-0.15, -0.1) is 0 Å². The lowest BCUT2D eigenvalue weighted by atomic mass is 9.98. The summed E-state index contributed by atoms with van der Waals surface area (Å²) in [5.41, 5.74) is 1.62. The Balaban J connectivity index is 0.000000924. The summed E-state index contributed by atoms with van der Waals surface area (Å²) in [6, 6.07) is 9.67. The first-order chi connectivity index (χ1) is 11.1. The van der Waals surface area contributed by atoms with E-state index in [1.165, 1.54) is 0 Å². The van der Waals surface area contributed by atoms with Crippen LogP contribution in [0.15, 0.2) is 30.3 Å². The fraction of sp³-hybridized carbons (Fsp3) is 0.421. The van der Waals surface area contributed by atoms with Gasteiger partial charge < -0.3 is 10.0 Å². The maximum absolute atomic E-state index is 12.0. The number of anilines is 1. The number of Topliss-reactive ketones (excluding diaryl/α,β-unsaturated/α-hetero) is 1. The predicted octanol–water partition coefficient (Wildman–Crippen LogP) is 4.68. The van der Waals surface area contributed by atoms with Crippen molar-refractivity contribution in [2.75, 3.05) is 18.0 Å². The fourth-order valence-electron chi connectivity index (χ4n) is 3.01. The molecule has 2 aromatic rings. The molecule has 124 valence electrons. The number of piperidine rings is 1. The van der Waals surface area contributed by atoms with Gasteiger partial charge in [0.25, 0.3) is 0 Å². The molecular weight excluding hydrogens is 310 g/mol. The number of hydrogen-bond donors (Lipinski definition) is 1. The SMILES string of the molecule is CC.CC(=O)c1cc(Cl)c2ccccc2c1N1CCC(O)CC1. The number of fused-ring (bicyclic) bond motifs is 1. The van der Waals surface area contributed by atoms with Crippen molar-refractivity contribution in [2.24, 2.45) is 0 Å². The van der Waals surface area contributed by atoms with Gasteiger partial charge in [0.2, 0.25) is 0 Å². The van der Waals surface area contributed by atoms with Crippen LogP contribution in [0.1, 0.15) is 44.0 Å². The van der Waals surface area contributed by atoms with Gasteiger partial charge in [0.05, 0.1) is 11.8 Å². The Kier molecular flexibility index (Phi) is 6.03. The number of benzene rings is 2. The molecule has 0 bridgehead atoms. The number of nitrogens with zero attached hydrogens (tertiary/aromatic N) is 1. The van der Waals surface area contributed by atoms with Crippen LogP contribution in [0.5, 0.6) is 0 Å². The molecule has 2 aromatic carbocycles. The molecule has 0 atom stereocenters. The molecule has 0 aromatic heterocycles. The third-order valence-corrected chi connectivity index (χ3v) is 4.44. The zero-order valence-electron chi connectivity index (χ0n) is 14.0. The average Bonchev–Trinajstić information content (AvgIpc) is 2.58. The van der Waals surface area contributed by atoms with Crippen LogP contribution in [0.2, 0.25) is 5.02 Å². The number of rotatable bonds is 2. The monoisotopic (exact) mass is 333 g/mol. The summed E-state index contributed by atoms with van der Waals surface area (Å²) in [6.45, 7) is 7.09. The Morgan fingerprint density at radius 1 is 1.17 bits per heavy atom. The molecule has 0 aliphatic carbocycles. The Morgan fingerprint density at radius 3 is 2.30 bits per heavy atom. The summed E-state index contributed by atoms with van der Waals surface area (Å²) in [5, 5.41) is 12.3. The van der Waals surface area contributed by atoms with E-state index in [4.69, 9.17) is 11.6 Å². The first-order valence-electron chi connectivity index (χ1n) is 8.23. The number of carbonyl (C=O) groups is 1. The van der Waals surface area contributed by atoms with Crippen molar-refractivity contribution in [2.45, 2.75) is 39.7 Å². The third kappa shape index (κ3) is 3.67. The number of aliphatic hydroxyl groups excluding tert-OH is 1. The molecule has 1 aliphatic heterocycles. The molecule has 1 fully saturated rings. The number of halogens is 1. The van der Waals surface area contributed by atoms with Crippen molar-refractivity contribution in [1.29, 1.82) is 0 Å². The van der Waals surface area contributed by atoms with Gasteiger partial charge in [0.15, 0.2) is 5.78 Å². The molecule has 3 rings (SSSR count). The molecule has 3 nitrogen and oxygen atoms in total. The largest absolute Gasteiger partial charge is 0.393 e. The molecule has 1 N–H and O–H groups in total. The van der Waals surface area contributed by atoms with Crippen molar-refractivity contribution in [3.8, 4) is 0 Å². The molecule has 0 radical (unpaired) electrons. The van der Waals surface area contributed by atoms with Gasteiger partial charge in [-0.1, -0.05) is 49.7 Å². The van der Waals surface area contributed by atoms with Gasteiger partial charge in [-0.2, -0.15) is 0 Å². The molecule has 1 aliphatic rings. The highest BCUT2D eigenvalue weighted by molar-refractivity contribution is 6.37. The fourth-order valence-corrected chi connectivity index (χ4v) is 3.29. The molecule has 0 amide bonds. The summed E-state index contributed by atoms with van der Waals surface area (Å²) in [6.07, 6.45) is 1.23. The summed E-state index contributed by atoms with van der Waals surface area (Å²) in [7, 11) is 0. The second-order valence-corrected chi connectivity index (χ2v) is 5.98. The topological polar surface area (TPSA) is 40.5 Å². The summed E-state index contributed by atoms with van der Waals surface area (Å²) < 4.78 is 0. The highest BCUT2D eigenvalue weighted by Crippen LogP contribution is 2.37. The highest BCUT2D eigenvalue weighted by atomic mass is 35.5. The van der Waals surface area contributed by atoms with Gasteiger partial charge in [0.1, 0.15) is 0 Å². The van der Waals surface area contributed by atoms with Crippen LogP contribution < -0.4 is 4.90 Å². The number of carbonyl (C=O) groups excluding carboxylic acids is 1. The molecule has 1 heterocycles. The lowest BCUT2D eigenvalue weighted by Crippen LogP contribution is -2.36. The van der Waals surface area contributed by atoms with Crippen molar-refractivity contribution >= 4 is 33.8 Å². The molecule has 0 unspecified atom stereocenters. The molecule has 23 heavy (non-hydrogen) atoms. The van der Waals surface area contributed by atoms with E-state index < -0.39 is 0 Å². The molecule has 0 saturated carbocycles. The van der Waals surface area contributed by atoms with Gasteiger partial charge in [-0.3, -0.25) is 4.79 Å². The van der Waals surface area contributed by atoms with Gasteiger partial charge in [-0.25, -0.2) is 0 Å². The maximum Gasteiger partial charge on any atom is 0.161 e. The molecular formula is C19H24ClNO2. The minimum Gasteiger partial charge on any atom is -0.393 e. The summed E-state index contributed by atoms with van der Waals surface area (Å²) in [4.78, 5) is 14.2. The van der Waals surface area contributed by atoms with E-state index in [0.29, 0.717) is 10.6 Å². The second-order valence-electron chi connectivity index (χ2n) is 5.57. The van der Waals surface area contributed by atoms with Crippen molar-refractivity contribution in [3.63, 3.8) is 0 Å². The van der Waals surface area contributed by atoms with Crippen LogP contribution in [-0.2, 0) is 0 Å². The van der Waals surface area contributed by atoms with Crippen LogP contribution in [-0.4, -0.2) is 30.1 Å². The minimum atomic E-state index is -0.236. The van der Waals surface area contributed by atoms with Crippen LogP contribution >= 0.6 is 11.6 Å². The van der Waals surface area contributed by atoms with Crippen LogP contribution in [0.3, 0.4) is 0 Å². The van der Waals surface area contributed by atoms with Gasteiger partial charge in [0, 0.05) is 34.4 Å². The quantitative estimate of drug-likeness (QED) is 0.811. The van der Waals surface area contributed by atoms with Gasteiger partial charge >= 0.3 is 0 Å². The van der Waals surface area contributed by atoms with Crippen LogP contribution in [0, 0.1) is 0 Å². The lowest BCUT2D eigenvalue weighted by Gasteiger charge is -2.33. The smallest absolute Gasteiger partial charge is 0.161 e. The van der Waals surface area contributed by atoms with E-state index in [0.717, 1.165) is 42.4 Å². The molecule has 1 saturated heterocycles. The van der Waals surface area contributed by atoms with Crippen LogP contribution in [0.4, 0.5) is 5.69 Å². The van der Waals surface area contributed by atoms with E-state index >= 15 is 0 Å². The third-order valence-electron chi connectivity index (χ3n) is 4.13. The number of ketones is 1. The Hall–Kier alpha value is -1.58. The summed E-state index contributed by atoms with van der Waals surface area (Å²) in [5.74, 6) is 0.0174. The normalized spacial score (nSPS) is 15.3. The minimum absolute atomic E-state index is 0.0174.